The summed E-state index contributed by atoms with van der Waals surface area (Å²) in [5.74, 6) is 0.684. The van der Waals surface area contributed by atoms with E-state index in [0.29, 0.717) is 11.2 Å². The van der Waals surface area contributed by atoms with E-state index in [2.05, 4.69) is 50.1 Å². The van der Waals surface area contributed by atoms with E-state index in [-0.39, 0.29) is 0 Å². The molecule has 3 nitrogen and oxygen atoms in total. The van der Waals surface area contributed by atoms with Gasteiger partial charge >= 0.3 is 0 Å². The Morgan fingerprint density at radius 3 is 2.22 bits per heavy atom. The lowest BCUT2D eigenvalue weighted by Crippen LogP contribution is -2.08. The Bertz CT molecular complexity index is 510. The van der Waals surface area contributed by atoms with Crippen LogP contribution >= 0.6 is 0 Å². The van der Waals surface area contributed by atoms with Crippen molar-refractivity contribution in [2.24, 2.45) is 12.5 Å². The highest BCUT2D eigenvalue weighted by Gasteiger charge is 2.11. The predicted molar refractivity (Wildman–Crippen MR) is 76.2 cm³/mol. The predicted octanol–water partition coefficient (Wildman–Crippen LogP) is 3.26. The van der Waals surface area contributed by atoms with Crippen LogP contribution in [0.15, 0.2) is 30.3 Å². The van der Waals surface area contributed by atoms with Gasteiger partial charge in [-0.2, -0.15) is 5.10 Å². The van der Waals surface area contributed by atoms with Crippen molar-refractivity contribution in [3.05, 3.63) is 35.9 Å². The molecule has 2 aromatic rings. The molecule has 3 heteroatoms. The van der Waals surface area contributed by atoms with Crippen LogP contribution in [-0.2, 0) is 13.5 Å². The van der Waals surface area contributed by atoms with E-state index < -0.39 is 0 Å². The molecular formula is C15H21N3. The molecule has 18 heavy (non-hydrogen) atoms. The van der Waals surface area contributed by atoms with Gasteiger partial charge in [-0.15, -0.1) is 0 Å². The Labute approximate surface area is 109 Å². The number of hydrogen-bond acceptors (Lipinski definition) is 2. The number of aromatic nitrogens is 2. The van der Waals surface area contributed by atoms with Gasteiger partial charge in [0.25, 0.3) is 0 Å². The monoisotopic (exact) mass is 243 g/mol. The lowest BCUT2D eigenvalue weighted by Gasteiger charge is -2.18. The van der Waals surface area contributed by atoms with Crippen LogP contribution in [0.2, 0.25) is 0 Å². The molecule has 0 aliphatic heterocycles. The molecule has 0 bridgehead atoms. The minimum atomic E-state index is 0.316. The van der Waals surface area contributed by atoms with Crippen LogP contribution in [0.25, 0.3) is 11.3 Å². The van der Waals surface area contributed by atoms with Crippen molar-refractivity contribution in [3.63, 3.8) is 0 Å². The maximum atomic E-state index is 5.79. The Hall–Kier alpha value is -1.77. The summed E-state index contributed by atoms with van der Waals surface area (Å²) in [7, 11) is 1.85. The second kappa shape index (κ2) is 4.48. The van der Waals surface area contributed by atoms with Crippen LogP contribution in [0.3, 0.4) is 0 Å². The van der Waals surface area contributed by atoms with Crippen LogP contribution in [0.4, 0.5) is 5.82 Å². The first-order valence-corrected chi connectivity index (χ1v) is 6.24. The number of nitrogens with two attached hydrogens (primary N) is 1. The standard InChI is InChI=1S/C15H21N3/c1-15(2,3)10-11-5-7-12(8-6-11)13-9-14(16)18(4)17-13/h5-9H,10,16H2,1-4H3. The fourth-order valence-electron chi connectivity index (χ4n) is 2.03. The van der Waals surface area contributed by atoms with Gasteiger partial charge in [-0.25, -0.2) is 0 Å². The zero-order valence-electron chi connectivity index (χ0n) is 11.6. The lowest BCUT2D eigenvalue weighted by molar-refractivity contribution is 0.411. The van der Waals surface area contributed by atoms with E-state index in [1.54, 1.807) is 4.68 Å². The van der Waals surface area contributed by atoms with Gasteiger partial charge in [0, 0.05) is 18.7 Å². The molecular weight excluding hydrogens is 222 g/mol. The molecule has 1 aromatic carbocycles. The molecule has 0 aliphatic rings. The maximum Gasteiger partial charge on any atom is 0.121 e. The van der Waals surface area contributed by atoms with Crippen molar-refractivity contribution in [1.29, 1.82) is 0 Å². The molecule has 2 N–H and O–H groups in total. The molecule has 0 saturated heterocycles. The quantitative estimate of drug-likeness (QED) is 0.879. The van der Waals surface area contributed by atoms with Gasteiger partial charge in [0.2, 0.25) is 0 Å². The van der Waals surface area contributed by atoms with Gasteiger partial charge in [-0.1, -0.05) is 45.0 Å². The lowest BCUT2D eigenvalue weighted by atomic mass is 9.88. The van der Waals surface area contributed by atoms with Gasteiger partial charge in [0.05, 0.1) is 5.69 Å². The van der Waals surface area contributed by atoms with Gasteiger partial charge < -0.3 is 5.73 Å². The third-order valence-electron chi connectivity index (χ3n) is 2.90. The van der Waals surface area contributed by atoms with Gasteiger partial charge in [-0.05, 0) is 17.4 Å². The second-order valence-corrected chi connectivity index (χ2v) is 6.01. The number of rotatable bonds is 2. The highest BCUT2D eigenvalue weighted by atomic mass is 15.3. The molecule has 1 aromatic heterocycles. The number of aryl methyl sites for hydroxylation is 1. The molecule has 0 atom stereocenters. The number of hydrogen-bond donors (Lipinski definition) is 1. The van der Waals surface area contributed by atoms with Crippen molar-refractivity contribution in [1.82, 2.24) is 9.78 Å². The van der Waals surface area contributed by atoms with Crippen LogP contribution in [0, 0.1) is 5.41 Å². The van der Waals surface area contributed by atoms with E-state index in [0.717, 1.165) is 17.7 Å². The first-order valence-electron chi connectivity index (χ1n) is 6.24. The molecule has 96 valence electrons. The summed E-state index contributed by atoms with van der Waals surface area (Å²) in [6.45, 7) is 6.75. The molecule has 0 aliphatic carbocycles. The number of nitrogens with zero attached hydrogens (tertiary/aromatic N) is 2. The average molecular weight is 243 g/mol. The van der Waals surface area contributed by atoms with E-state index in [1.807, 2.05) is 13.1 Å². The molecule has 0 radical (unpaired) electrons. The van der Waals surface area contributed by atoms with Crippen molar-refractivity contribution in [3.8, 4) is 11.3 Å². The van der Waals surface area contributed by atoms with Crippen molar-refractivity contribution in [2.75, 3.05) is 5.73 Å². The molecule has 0 spiro atoms. The van der Waals surface area contributed by atoms with E-state index in [1.165, 1.54) is 5.56 Å². The Morgan fingerprint density at radius 1 is 1.17 bits per heavy atom. The molecule has 0 fully saturated rings. The zero-order chi connectivity index (χ0) is 13.3. The molecule has 0 unspecified atom stereocenters. The van der Waals surface area contributed by atoms with Gasteiger partial charge in [-0.3, -0.25) is 4.68 Å². The van der Waals surface area contributed by atoms with E-state index in [9.17, 15) is 0 Å². The summed E-state index contributed by atoms with van der Waals surface area (Å²) in [6, 6.07) is 10.5. The minimum absolute atomic E-state index is 0.316. The third-order valence-corrected chi connectivity index (χ3v) is 2.90. The Kier molecular flexibility index (Phi) is 3.16. The van der Waals surface area contributed by atoms with Crippen LogP contribution < -0.4 is 5.73 Å². The van der Waals surface area contributed by atoms with Crippen LogP contribution in [0.5, 0.6) is 0 Å². The summed E-state index contributed by atoms with van der Waals surface area (Å²) in [6.07, 6.45) is 1.08. The topological polar surface area (TPSA) is 43.8 Å². The fraction of sp³-hybridized carbons (Fsp3) is 0.400. The highest BCUT2D eigenvalue weighted by Crippen LogP contribution is 2.24. The molecule has 1 heterocycles. The summed E-state index contributed by atoms with van der Waals surface area (Å²) in [5, 5.41) is 4.38. The van der Waals surface area contributed by atoms with Crippen LogP contribution in [0.1, 0.15) is 26.3 Å². The Morgan fingerprint density at radius 2 is 1.78 bits per heavy atom. The van der Waals surface area contributed by atoms with Crippen molar-refractivity contribution in [2.45, 2.75) is 27.2 Å². The fourth-order valence-corrected chi connectivity index (χ4v) is 2.03. The van der Waals surface area contributed by atoms with Crippen molar-refractivity contribution >= 4 is 5.82 Å². The normalized spacial score (nSPS) is 11.8. The Balaban J connectivity index is 2.22. The summed E-state index contributed by atoms with van der Waals surface area (Å²) in [4.78, 5) is 0. The van der Waals surface area contributed by atoms with Crippen LogP contribution in [-0.4, -0.2) is 9.78 Å². The van der Waals surface area contributed by atoms with E-state index >= 15 is 0 Å². The second-order valence-electron chi connectivity index (χ2n) is 6.01. The maximum absolute atomic E-state index is 5.79. The average Bonchev–Trinajstić information content (AvgIpc) is 2.58. The summed E-state index contributed by atoms with van der Waals surface area (Å²) >= 11 is 0. The molecule has 0 saturated carbocycles. The van der Waals surface area contributed by atoms with Gasteiger partial charge in [0.15, 0.2) is 0 Å². The number of nitrogen functional groups attached to an aromatic ring is 1. The summed E-state index contributed by atoms with van der Waals surface area (Å²) < 4.78 is 1.69. The van der Waals surface area contributed by atoms with E-state index in [4.69, 9.17) is 5.73 Å². The number of anilines is 1. The minimum Gasteiger partial charge on any atom is -0.384 e. The molecule has 0 amide bonds. The summed E-state index contributed by atoms with van der Waals surface area (Å²) in [5.41, 5.74) is 9.50. The first-order chi connectivity index (χ1) is 8.35. The molecule has 2 rings (SSSR count). The first kappa shape index (κ1) is 12.7. The SMILES string of the molecule is Cn1nc(-c2ccc(CC(C)(C)C)cc2)cc1N. The van der Waals surface area contributed by atoms with Crippen molar-refractivity contribution < 1.29 is 0 Å². The zero-order valence-corrected chi connectivity index (χ0v) is 11.6. The van der Waals surface area contributed by atoms with Gasteiger partial charge in [0.1, 0.15) is 5.82 Å². The smallest absolute Gasteiger partial charge is 0.121 e. The number of benzene rings is 1. The largest absolute Gasteiger partial charge is 0.384 e. The highest BCUT2D eigenvalue weighted by molar-refractivity contribution is 5.62. The third kappa shape index (κ3) is 2.92.